The molecule has 0 heterocycles. The van der Waals surface area contributed by atoms with E-state index < -0.39 is 0 Å². The van der Waals surface area contributed by atoms with E-state index in [-0.39, 0.29) is 0 Å². The molecule has 2 rings (SSSR count). The van der Waals surface area contributed by atoms with Crippen LogP contribution in [0.4, 0.5) is 0 Å². The predicted molar refractivity (Wildman–Crippen MR) is 76.6 cm³/mol. The minimum Gasteiger partial charge on any atom is -0.489 e. The van der Waals surface area contributed by atoms with Gasteiger partial charge in [-0.15, -0.1) is 0 Å². The quantitative estimate of drug-likeness (QED) is 0.754. The van der Waals surface area contributed by atoms with Crippen molar-refractivity contribution in [3.63, 3.8) is 0 Å². The fraction of sp³-hybridized carbons (Fsp3) is 0.200. The second-order valence-corrected chi connectivity index (χ2v) is 4.87. The molecule has 94 valence electrons. The third kappa shape index (κ3) is 3.41. The van der Waals surface area contributed by atoms with Crippen LogP contribution in [0.5, 0.6) is 5.75 Å². The van der Waals surface area contributed by atoms with Crippen molar-refractivity contribution in [2.24, 2.45) is 0 Å². The van der Waals surface area contributed by atoms with Gasteiger partial charge in [0.25, 0.3) is 0 Å². The van der Waals surface area contributed by atoms with Gasteiger partial charge in [0.2, 0.25) is 0 Å². The summed E-state index contributed by atoms with van der Waals surface area (Å²) in [5, 5.41) is 1.27. The summed E-state index contributed by atoms with van der Waals surface area (Å²) in [6, 6.07) is 13.5. The standard InChI is InChI=1S/C15H14Cl2O/c1-2-11-3-7-14(8-4-11)18-10-12-5-6-13(16)9-15(12)17/h3-9H,2,10H2,1H3. The first-order valence-electron chi connectivity index (χ1n) is 5.84. The first-order valence-corrected chi connectivity index (χ1v) is 6.60. The third-order valence-corrected chi connectivity index (χ3v) is 3.33. The zero-order chi connectivity index (χ0) is 13.0. The van der Waals surface area contributed by atoms with Gasteiger partial charge in [-0.25, -0.2) is 0 Å². The Morgan fingerprint density at radius 3 is 2.33 bits per heavy atom. The van der Waals surface area contributed by atoms with Crippen molar-refractivity contribution >= 4 is 23.2 Å². The number of aryl methyl sites for hydroxylation is 1. The zero-order valence-electron chi connectivity index (χ0n) is 10.1. The van der Waals surface area contributed by atoms with Gasteiger partial charge in [-0.2, -0.15) is 0 Å². The van der Waals surface area contributed by atoms with Gasteiger partial charge in [0.1, 0.15) is 12.4 Å². The second-order valence-electron chi connectivity index (χ2n) is 4.02. The van der Waals surface area contributed by atoms with E-state index in [4.69, 9.17) is 27.9 Å². The summed E-state index contributed by atoms with van der Waals surface area (Å²) in [6.45, 7) is 2.57. The second kappa shape index (κ2) is 6.12. The smallest absolute Gasteiger partial charge is 0.119 e. The lowest BCUT2D eigenvalue weighted by Crippen LogP contribution is -1.96. The molecular weight excluding hydrogens is 267 g/mol. The highest BCUT2D eigenvalue weighted by molar-refractivity contribution is 6.35. The highest BCUT2D eigenvalue weighted by Crippen LogP contribution is 2.22. The highest BCUT2D eigenvalue weighted by atomic mass is 35.5. The molecule has 0 bridgehead atoms. The maximum absolute atomic E-state index is 6.08. The van der Waals surface area contributed by atoms with Crippen molar-refractivity contribution in [1.82, 2.24) is 0 Å². The lowest BCUT2D eigenvalue weighted by Gasteiger charge is -2.08. The molecule has 0 atom stereocenters. The Kier molecular flexibility index (Phi) is 4.51. The predicted octanol–water partition coefficient (Wildman–Crippen LogP) is 5.13. The normalized spacial score (nSPS) is 10.4. The number of benzene rings is 2. The Balaban J connectivity index is 2.02. The fourth-order valence-corrected chi connectivity index (χ4v) is 2.08. The molecule has 0 radical (unpaired) electrons. The summed E-state index contributed by atoms with van der Waals surface area (Å²) < 4.78 is 5.68. The van der Waals surface area contributed by atoms with E-state index in [9.17, 15) is 0 Å². The maximum Gasteiger partial charge on any atom is 0.119 e. The van der Waals surface area contributed by atoms with E-state index in [2.05, 4.69) is 19.1 Å². The van der Waals surface area contributed by atoms with E-state index in [1.165, 1.54) is 5.56 Å². The van der Waals surface area contributed by atoms with Gasteiger partial charge in [0.15, 0.2) is 0 Å². The summed E-state index contributed by atoms with van der Waals surface area (Å²) in [7, 11) is 0. The molecule has 0 aliphatic rings. The van der Waals surface area contributed by atoms with Gasteiger partial charge >= 0.3 is 0 Å². The summed E-state index contributed by atoms with van der Waals surface area (Å²) >= 11 is 11.9. The van der Waals surface area contributed by atoms with Crippen molar-refractivity contribution in [3.05, 3.63) is 63.6 Å². The zero-order valence-corrected chi connectivity index (χ0v) is 11.6. The largest absolute Gasteiger partial charge is 0.489 e. The van der Waals surface area contributed by atoms with Crippen molar-refractivity contribution in [3.8, 4) is 5.75 Å². The molecule has 3 heteroatoms. The molecule has 18 heavy (non-hydrogen) atoms. The van der Waals surface area contributed by atoms with E-state index >= 15 is 0 Å². The Labute approximate surface area is 117 Å². The van der Waals surface area contributed by atoms with E-state index in [1.807, 2.05) is 24.3 Å². The summed E-state index contributed by atoms with van der Waals surface area (Å²) in [4.78, 5) is 0. The van der Waals surface area contributed by atoms with Crippen LogP contribution in [-0.4, -0.2) is 0 Å². The molecule has 0 aliphatic carbocycles. The number of rotatable bonds is 4. The topological polar surface area (TPSA) is 9.23 Å². The van der Waals surface area contributed by atoms with Gasteiger partial charge in [0, 0.05) is 15.6 Å². The molecule has 0 aromatic heterocycles. The van der Waals surface area contributed by atoms with Gasteiger partial charge < -0.3 is 4.74 Å². The van der Waals surface area contributed by atoms with Crippen molar-refractivity contribution in [2.45, 2.75) is 20.0 Å². The molecule has 0 saturated heterocycles. The molecule has 1 nitrogen and oxygen atoms in total. The van der Waals surface area contributed by atoms with Crippen LogP contribution in [0, 0.1) is 0 Å². The van der Waals surface area contributed by atoms with Crippen LogP contribution < -0.4 is 4.74 Å². The Bertz CT molecular complexity index is 521. The fourth-order valence-electron chi connectivity index (χ4n) is 1.62. The molecule has 0 saturated carbocycles. The van der Waals surface area contributed by atoms with Gasteiger partial charge in [-0.05, 0) is 36.2 Å². The molecule has 0 aliphatic heterocycles. The average molecular weight is 281 g/mol. The summed E-state index contributed by atoms with van der Waals surface area (Å²) in [6.07, 6.45) is 1.03. The first kappa shape index (κ1) is 13.3. The van der Waals surface area contributed by atoms with Crippen molar-refractivity contribution < 1.29 is 4.74 Å². The number of hydrogen-bond donors (Lipinski definition) is 0. The van der Waals surface area contributed by atoms with E-state index in [0.717, 1.165) is 17.7 Å². The van der Waals surface area contributed by atoms with Crippen LogP contribution >= 0.6 is 23.2 Å². The molecule has 0 amide bonds. The van der Waals surface area contributed by atoms with Crippen molar-refractivity contribution in [1.29, 1.82) is 0 Å². The molecule has 2 aromatic carbocycles. The molecule has 0 fully saturated rings. The highest BCUT2D eigenvalue weighted by Gasteiger charge is 2.02. The van der Waals surface area contributed by atoms with Crippen LogP contribution in [-0.2, 0) is 13.0 Å². The van der Waals surface area contributed by atoms with Gasteiger partial charge in [-0.1, -0.05) is 48.3 Å². The minimum absolute atomic E-state index is 0.446. The lowest BCUT2D eigenvalue weighted by molar-refractivity contribution is 0.306. The lowest BCUT2D eigenvalue weighted by atomic mass is 10.2. The monoisotopic (exact) mass is 280 g/mol. The third-order valence-electron chi connectivity index (χ3n) is 2.74. The molecule has 0 spiro atoms. The van der Waals surface area contributed by atoms with Crippen LogP contribution in [0.3, 0.4) is 0 Å². The average Bonchev–Trinajstić information content (AvgIpc) is 2.38. The minimum atomic E-state index is 0.446. The first-order chi connectivity index (χ1) is 8.69. The van der Waals surface area contributed by atoms with Crippen LogP contribution in [0.25, 0.3) is 0 Å². The van der Waals surface area contributed by atoms with E-state index in [1.54, 1.807) is 6.07 Å². The van der Waals surface area contributed by atoms with Crippen molar-refractivity contribution in [2.75, 3.05) is 0 Å². The Hall–Kier alpha value is -1.18. The number of hydrogen-bond acceptors (Lipinski definition) is 1. The maximum atomic E-state index is 6.08. The Morgan fingerprint density at radius 2 is 1.72 bits per heavy atom. The SMILES string of the molecule is CCc1ccc(OCc2ccc(Cl)cc2Cl)cc1. The number of halogens is 2. The molecule has 2 aromatic rings. The van der Waals surface area contributed by atoms with Crippen LogP contribution in [0.15, 0.2) is 42.5 Å². The molecular formula is C15H14Cl2O. The van der Waals surface area contributed by atoms with Crippen LogP contribution in [0.2, 0.25) is 10.0 Å². The molecule has 0 unspecified atom stereocenters. The van der Waals surface area contributed by atoms with E-state index in [0.29, 0.717) is 16.7 Å². The summed E-state index contributed by atoms with van der Waals surface area (Å²) in [5.41, 5.74) is 2.23. The summed E-state index contributed by atoms with van der Waals surface area (Å²) in [5.74, 6) is 0.846. The van der Waals surface area contributed by atoms with Gasteiger partial charge in [-0.3, -0.25) is 0 Å². The number of ether oxygens (including phenoxy) is 1. The van der Waals surface area contributed by atoms with Gasteiger partial charge in [0.05, 0.1) is 0 Å². The van der Waals surface area contributed by atoms with Crippen LogP contribution in [0.1, 0.15) is 18.1 Å². The Morgan fingerprint density at radius 1 is 1.00 bits per heavy atom. The molecule has 0 N–H and O–H groups in total.